The van der Waals surface area contributed by atoms with Gasteiger partial charge in [0.2, 0.25) is 0 Å². The fourth-order valence-electron chi connectivity index (χ4n) is 3.65. The Bertz CT molecular complexity index is 1470. The van der Waals surface area contributed by atoms with E-state index in [1.807, 2.05) is 72.5 Å². The Morgan fingerprint density at radius 1 is 0.976 bits per heavy atom. The zero-order chi connectivity index (χ0) is 31.1. The van der Waals surface area contributed by atoms with Crippen molar-refractivity contribution >= 4 is 38.1 Å². The van der Waals surface area contributed by atoms with Crippen molar-refractivity contribution in [2.45, 2.75) is 20.0 Å². The van der Waals surface area contributed by atoms with Gasteiger partial charge in [-0.05, 0) is 48.7 Å². The molecule has 226 valence electrons. The molecular formula is C28H35N5O7S2. The Hall–Kier alpha value is -3.73. The normalized spacial score (nSPS) is 11.6. The smallest absolute Gasteiger partial charge is 0.397 e. The van der Waals surface area contributed by atoms with E-state index in [1.165, 1.54) is 0 Å². The third-order valence-electron chi connectivity index (χ3n) is 5.92. The molecule has 0 saturated carbocycles. The minimum Gasteiger partial charge on any atom is -0.399 e. The number of thiophene rings is 1. The van der Waals surface area contributed by atoms with Crippen LogP contribution in [-0.4, -0.2) is 64.2 Å². The van der Waals surface area contributed by atoms with E-state index in [0.717, 1.165) is 28.2 Å². The zero-order valence-electron chi connectivity index (χ0n) is 23.4. The number of nitrogens with two attached hydrogens (primary N) is 2. The van der Waals surface area contributed by atoms with Crippen LogP contribution in [0.4, 0.5) is 16.4 Å². The van der Waals surface area contributed by atoms with Gasteiger partial charge in [-0.1, -0.05) is 30.3 Å². The highest BCUT2D eigenvalue weighted by Crippen LogP contribution is 2.28. The zero-order valence-corrected chi connectivity index (χ0v) is 25.0. The van der Waals surface area contributed by atoms with Crippen LogP contribution in [0.5, 0.6) is 0 Å². The van der Waals surface area contributed by atoms with Gasteiger partial charge in [0.15, 0.2) is 0 Å². The molecule has 0 aliphatic carbocycles. The van der Waals surface area contributed by atoms with Gasteiger partial charge in [-0.3, -0.25) is 4.55 Å². The predicted molar refractivity (Wildman–Crippen MR) is 161 cm³/mol. The Morgan fingerprint density at radius 2 is 1.62 bits per heavy atom. The van der Waals surface area contributed by atoms with E-state index in [-0.39, 0.29) is 19.8 Å². The van der Waals surface area contributed by atoms with Crippen LogP contribution in [0.25, 0.3) is 0 Å². The molecule has 2 aromatic carbocycles. The molecule has 6 N–H and O–H groups in total. The van der Waals surface area contributed by atoms with Crippen LogP contribution in [-0.2, 0) is 24.1 Å². The highest BCUT2D eigenvalue weighted by molar-refractivity contribution is 7.80. The van der Waals surface area contributed by atoms with Gasteiger partial charge in [-0.25, -0.2) is 4.18 Å². The van der Waals surface area contributed by atoms with Crippen molar-refractivity contribution in [3.63, 3.8) is 0 Å². The Balaban J connectivity index is 0.000000468. The molecule has 0 amide bonds. The molecular weight excluding hydrogens is 582 g/mol. The standard InChI is InChI=1S/C21H30N2O7S.C7H5N3S/c1-17-15-19(7-8-20(17)22)23(16-21(24)18-5-3-2-4-6-18)9-10-28-11-12-29-13-14-30-31(25,26)27;1-4-5(2-8)7(10)11-6(4)3-9/h2-8,15,21,24H,9-14,16,22H2,1H3,(H,25,26,27);10H2,1H3. The summed E-state index contributed by atoms with van der Waals surface area (Å²) in [7, 11) is -4.44. The van der Waals surface area contributed by atoms with Crippen LogP contribution in [0.3, 0.4) is 0 Å². The van der Waals surface area contributed by atoms with Crippen molar-refractivity contribution in [1.29, 1.82) is 10.5 Å². The fourth-order valence-corrected chi connectivity index (χ4v) is 4.75. The van der Waals surface area contributed by atoms with E-state index < -0.39 is 16.5 Å². The first-order valence-corrected chi connectivity index (χ1v) is 15.0. The quantitative estimate of drug-likeness (QED) is 0.117. The number of hydrogen-bond donors (Lipinski definition) is 4. The van der Waals surface area contributed by atoms with E-state index in [4.69, 9.17) is 36.0 Å². The monoisotopic (exact) mass is 617 g/mol. The molecule has 0 bridgehead atoms. The maximum absolute atomic E-state index is 10.7. The number of ether oxygens (including phenoxy) is 2. The van der Waals surface area contributed by atoms with Gasteiger partial charge in [-0.15, -0.1) is 11.3 Å². The van der Waals surface area contributed by atoms with Crippen molar-refractivity contribution in [2.24, 2.45) is 0 Å². The topological polar surface area (TPSA) is 205 Å². The number of benzene rings is 2. The highest BCUT2D eigenvalue weighted by Gasteiger charge is 2.15. The highest BCUT2D eigenvalue weighted by atomic mass is 32.3. The maximum Gasteiger partial charge on any atom is 0.397 e. The van der Waals surface area contributed by atoms with E-state index in [1.54, 1.807) is 6.92 Å². The number of nitriles is 2. The summed E-state index contributed by atoms with van der Waals surface area (Å²) in [4.78, 5) is 2.56. The third-order valence-corrected chi connectivity index (χ3v) is 7.41. The summed E-state index contributed by atoms with van der Waals surface area (Å²) in [6, 6.07) is 19.1. The van der Waals surface area contributed by atoms with Gasteiger partial charge >= 0.3 is 10.4 Å². The SMILES string of the molecule is Cc1c(C#N)sc(N)c1C#N.Cc1cc(N(CCOCCOCCOS(=O)(=O)O)CC(O)c2ccccc2)ccc1N. The molecule has 14 heteroatoms. The molecule has 0 radical (unpaired) electrons. The second-order valence-corrected chi connectivity index (χ2v) is 11.1. The fraction of sp³-hybridized carbons (Fsp3) is 0.357. The van der Waals surface area contributed by atoms with Gasteiger partial charge in [0.05, 0.1) is 44.7 Å². The number of nitrogens with zero attached hydrogens (tertiary/aromatic N) is 3. The molecule has 3 aromatic rings. The van der Waals surface area contributed by atoms with Crippen molar-refractivity contribution in [3.8, 4) is 12.1 Å². The Kier molecular flexibility index (Phi) is 14.2. The summed E-state index contributed by atoms with van der Waals surface area (Å²) in [5, 5.41) is 28.2. The predicted octanol–water partition coefficient (Wildman–Crippen LogP) is 3.35. The largest absolute Gasteiger partial charge is 0.399 e. The van der Waals surface area contributed by atoms with Crippen LogP contribution in [0.1, 0.15) is 33.2 Å². The molecule has 0 saturated heterocycles. The molecule has 42 heavy (non-hydrogen) atoms. The first-order chi connectivity index (χ1) is 20.0. The lowest BCUT2D eigenvalue weighted by molar-refractivity contribution is 0.0374. The number of aliphatic hydroxyl groups is 1. The molecule has 0 fully saturated rings. The van der Waals surface area contributed by atoms with Gasteiger partial charge in [0.1, 0.15) is 22.0 Å². The molecule has 1 unspecified atom stereocenters. The molecule has 1 atom stereocenters. The minimum absolute atomic E-state index is 0.0171. The van der Waals surface area contributed by atoms with Crippen LogP contribution < -0.4 is 16.4 Å². The van der Waals surface area contributed by atoms with Gasteiger partial charge in [0, 0.05) is 24.5 Å². The van der Waals surface area contributed by atoms with Gasteiger partial charge in [-0.2, -0.15) is 18.9 Å². The first-order valence-electron chi connectivity index (χ1n) is 12.8. The second-order valence-electron chi connectivity index (χ2n) is 8.91. The molecule has 1 aromatic heterocycles. The third kappa shape index (κ3) is 11.6. The number of rotatable bonds is 14. The average molecular weight is 618 g/mol. The number of anilines is 3. The van der Waals surface area contributed by atoms with Gasteiger partial charge < -0.3 is 30.9 Å². The van der Waals surface area contributed by atoms with Crippen LogP contribution in [0.15, 0.2) is 48.5 Å². The van der Waals surface area contributed by atoms with Crippen molar-refractivity contribution in [1.82, 2.24) is 0 Å². The van der Waals surface area contributed by atoms with Crippen molar-refractivity contribution in [3.05, 3.63) is 75.7 Å². The van der Waals surface area contributed by atoms with E-state index >= 15 is 0 Å². The lowest BCUT2D eigenvalue weighted by Gasteiger charge is -2.28. The molecule has 3 rings (SSSR count). The van der Waals surface area contributed by atoms with E-state index in [2.05, 4.69) is 4.18 Å². The van der Waals surface area contributed by atoms with E-state index in [0.29, 0.717) is 53.0 Å². The number of hydrogen-bond acceptors (Lipinski definition) is 12. The summed E-state index contributed by atoms with van der Waals surface area (Å²) in [5.41, 5.74) is 16.0. The molecule has 1 heterocycles. The van der Waals surface area contributed by atoms with E-state index in [9.17, 15) is 13.5 Å². The van der Waals surface area contributed by atoms with Crippen LogP contribution >= 0.6 is 11.3 Å². The number of aryl methyl sites for hydroxylation is 1. The summed E-state index contributed by atoms with van der Waals surface area (Å²) >= 11 is 1.16. The maximum atomic E-state index is 10.7. The average Bonchev–Trinajstić information content (AvgIpc) is 3.24. The lowest BCUT2D eigenvalue weighted by atomic mass is 10.1. The van der Waals surface area contributed by atoms with Crippen LogP contribution in [0, 0.1) is 36.5 Å². The number of nitrogen functional groups attached to an aromatic ring is 2. The molecule has 0 aliphatic rings. The lowest BCUT2D eigenvalue weighted by Crippen LogP contribution is -2.32. The number of aliphatic hydroxyl groups excluding tert-OH is 1. The first kappa shape index (κ1) is 34.5. The van der Waals surface area contributed by atoms with Crippen molar-refractivity contribution in [2.75, 3.05) is 62.5 Å². The van der Waals surface area contributed by atoms with Gasteiger partial charge in [0.25, 0.3) is 0 Å². The Morgan fingerprint density at radius 3 is 2.17 bits per heavy atom. The van der Waals surface area contributed by atoms with Crippen LogP contribution in [0.2, 0.25) is 0 Å². The Labute approximate surface area is 250 Å². The summed E-state index contributed by atoms with van der Waals surface area (Å²) in [6.45, 7) is 5.30. The summed E-state index contributed by atoms with van der Waals surface area (Å²) in [5.74, 6) is 0. The van der Waals surface area contributed by atoms with Crippen molar-refractivity contribution < 1.29 is 31.7 Å². The molecule has 0 spiro atoms. The molecule has 0 aliphatic heterocycles. The molecule has 12 nitrogen and oxygen atoms in total. The summed E-state index contributed by atoms with van der Waals surface area (Å²) < 4.78 is 44.2. The second kappa shape index (κ2) is 17.3. The minimum atomic E-state index is -4.44. The summed E-state index contributed by atoms with van der Waals surface area (Å²) in [6.07, 6.45) is -0.662.